The van der Waals surface area contributed by atoms with Crippen LogP contribution in [0.15, 0.2) is 34.9 Å². The van der Waals surface area contributed by atoms with E-state index in [1.807, 2.05) is 25.7 Å². The van der Waals surface area contributed by atoms with Crippen LogP contribution in [-0.4, -0.2) is 59.6 Å². The first-order valence-electron chi connectivity index (χ1n) is 14.9. The first kappa shape index (κ1) is 31.0. The number of phenolic OH excluding ortho intramolecular Hbond substituents is 1. The predicted octanol–water partition coefficient (Wildman–Crippen LogP) is 7.35. The molecule has 1 aromatic carbocycles. The molecular weight excluding hydrogens is 484 g/mol. The van der Waals surface area contributed by atoms with Crippen LogP contribution in [0.25, 0.3) is 0 Å². The minimum atomic E-state index is -0.168. The van der Waals surface area contributed by atoms with Gasteiger partial charge >= 0.3 is 0 Å². The molecule has 1 amide bonds. The molecule has 3 rings (SSSR count). The van der Waals surface area contributed by atoms with E-state index in [1.54, 1.807) is 0 Å². The van der Waals surface area contributed by atoms with Crippen LogP contribution in [0.4, 0.5) is 0 Å². The molecule has 1 atom stereocenters. The van der Waals surface area contributed by atoms with E-state index in [2.05, 4.69) is 57.9 Å². The lowest BCUT2D eigenvalue weighted by Crippen LogP contribution is -2.47. The highest BCUT2D eigenvalue weighted by Crippen LogP contribution is 2.44. The Bertz CT molecular complexity index is 1120. The van der Waals surface area contributed by atoms with Gasteiger partial charge in [0.15, 0.2) is 0 Å². The third-order valence-corrected chi connectivity index (χ3v) is 8.91. The second-order valence-electron chi connectivity index (χ2n) is 12.3. The van der Waals surface area contributed by atoms with Crippen molar-refractivity contribution in [3.63, 3.8) is 0 Å². The van der Waals surface area contributed by atoms with E-state index in [0.29, 0.717) is 5.75 Å². The van der Waals surface area contributed by atoms with Crippen molar-refractivity contribution in [3.05, 3.63) is 57.2 Å². The summed E-state index contributed by atoms with van der Waals surface area (Å²) in [6.07, 6.45) is 14.8. The van der Waals surface area contributed by atoms with Crippen LogP contribution >= 0.6 is 0 Å². The summed E-state index contributed by atoms with van der Waals surface area (Å²) in [7, 11) is 2.11. The van der Waals surface area contributed by atoms with Crippen LogP contribution in [0.5, 0.6) is 11.5 Å². The van der Waals surface area contributed by atoms with Crippen molar-refractivity contribution in [2.45, 2.75) is 105 Å². The number of nitrogens with zero attached hydrogens (tertiary/aromatic N) is 2. The second-order valence-corrected chi connectivity index (χ2v) is 12.3. The highest BCUT2D eigenvalue weighted by Gasteiger charge is 2.34. The number of likely N-dealkylation sites (N-methyl/N-ethyl adjacent to an activating group) is 1. The van der Waals surface area contributed by atoms with Crippen LogP contribution in [0.2, 0.25) is 0 Å². The topological polar surface area (TPSA) is 53.0 Å². The number of piperazine rings is 1. The molecular formula is C34H52N2O3. The highest BCUT2D eigenvalue weighted by atomic mass is 16.5. The number of benzene rings is 1. The highest BCUT2D eigenvalue weighted by molar-refractivity contribution is 5.92. The van der Waals surface area contributed by atoms with Crippen LogP contribution in [-0.2, 0) is 11.2 Å². The average Bonchev–Trinajstić information content (AvgIpc) is 2.90. The Hall–Kier alpha value is -2.53. The first-order chi connectivity index (χ1) is 18.4. The number of carbonyl (C=O) groups is 1. The molecule has 2 aliphatic rings. The fourth-order valence-electron chi connectivity index (χ4n) is 5.71. The van der Waals surface area contributed by atoms with Gasteiger partial charge in [-0.05, 0) is 124 Å². The Morgan fingerprint density at radius 1 is 0.897 bits per heavy atom. The summed E-state index contributed by atoms with van der Waals surface area (Å²) in [5.74, 6) is 1.61. The van der Waals surface area contributed by atoms with Gasteiger partial charge in [-0.2, -0.15) is 0 Å². The number of hydrogen-bond acceptors (Lipinski definition) is 4. The van der Waals surface area contributed by atoms with E-state index in [4.69, 9.17) is 4.74 Å². The zero-order valence-electron chi connectivity index (χ0n) is 25.9. The molecule has 1 saturated heterocycles. The van der Waals surface area contributed by atoms with Crippen molar-refractivity contribution < 1.29 is 14.6 Å². The monoisotopic (exact) mass is 536 g/mol. The Morgan fingerprint density at radius 2 is 1.49 bits per heavy atom. The summed E-state index contributed by atoms with van der Waals surface area (Å²) < 4.78 is 6.59. The molecule has 1 N–H and O–H groups in total. The number of fused-ring (bicyclic) bond motifs is 1. The standard InChI is InChI=1S/C34H52N2O3/c1-24(14-10-16-26(3)33(38)36-22-20-35(8)21-23-36)12-9-13-25(2)15-11-18-34(7)19-17-30-29(6)31(37)27(4)28(5)32(30)39-34/h12,15-16,37H,9-11,13-14,17-23H2,1-8H3/b24-12+,25-15+,26-16+. The number of allylic oxidation sites excluding steroid dienone is 5. The molecule has 0 saturated carbocycles. The van der Waals surface area contributed by atoms with Crippen molar-refractivity contribution in [3.8, 4) is 11.5 Å². The number of aromatic hydroxyl groups is 1. The predicted molar refractivity (Wildman–Crippen MR) is 163 cm³/mol. The lowest BCUT2D eigenvalue weighted by atomic mass is 9.85. The molecule has 1 aromatic rings. The molecule has 0 spiro atoms. The van der Waals surface area contributed by atoms with Crippen LogP contribution in [0.3, 0.4) is 0 Å². The zero-order chi connectivity index (χ0) is 28.7. The molecule has 0 aliphatic carbocycles. The summed E-state index contributed by atoms with van der Waals surface area (Å²) in [6, 6.07) is 0. The minimum Gasteiger partial charge on any atom is -0.507 e. The molecule has 0 bridgehead atoms. The van der Waals surface area contributed by atoms with E-state index in [0.717, 1.165) is 106 Å². The Morgan fingerprint density at radius 3 is 2.13 bits per heavy atom. The molecule has 5 nitrogen and oxygen atoms in total. The van der Waals surface area contributed by atoms with Gasteiger partial charge in [0, 0.05) is 37.3 Å². The molecule has 5 heteroatoms. The summed E-state index contributed by atoms with van der Waals surface area (Å²) >= 11 is 0. The van der Waals surface area contributed by atoms with Crippen molar-refractivity contribution in [1.29, 1.82) is 0 Å². The van der Waals surface area contributed by atoms with Crippen LogP contribution in [0, 0.1) is 20.8 Å². The van der Waals surface area contributed by atoms with Crippen molar-refractivity contribution in [2.75, 3.05) is 33.2 Å². The van der Waals surface area contributed by atoms with E-state index in [1.165, 1.54) is 16.7 Å². The number of carbonyl (C=O) groups excluding carboxylic acids is 1. The molecule has 1 unspecified atom stereocenters. The summed E-state index contributed by atoms with van der Waals surface area (Å²) in [4.78, 5) is 16.9. The Balaban J connectivity index is 1.41. The third kappa shape index (κ3) is 8.23. The average molecular weight is 537 g/mol. The Kier molecular flexibility index (Phi) is 10.9. The van der Waals surface area contributed by atoms with Crippen molar-refractivity contribution in [2.24, 2.45) is 0 Å². The van der Waals surface area contributed by atoms with E-state index >= 15 is 0 Å². The van der Waals surface area contributed by atoms with Gasteiger partial charge in [0.2, 0.25) is 5.91 Å². The summed E-state index contributed by atoms with van der Waals surface area (Å²) in [5.41, 5.74) is 7.68. The van der Waals surface area contributed by atoms with Crippen molar-refractivity contribution >= 4 is 5.91 Å². The van der Waals surface area contributed by atoms with E-state index in [-0.39, 0.29) is 11.5 Å². The van der Waals surface area contributed by atoms with Gasteiger partial charge in [-0.1, -0.05) is 29.4 Å². The maximum Gasteiger partial charge on any atom is 0.249 e. The molecule has 39 heavy (non-hydrogen) atoms. The van der Waals surface area contributed by atoms with Gasteiger partial charge in [0.05, 0.1) is 0 Å². The maximum atomic E-state index is 12.6. The Labute approximate surface area is 237 Å². The summed E-state index contributed by atoms with van der Waals surface area (Å²) in [5, 5.41) is 10.4. The number of rotatable bonds is 10. The third-order valence-electron chi connectivity index (χ3n) is 8.91. The number of amides is 1. The maximum absolute atomic E-state index is 12.6. The van der Waals surface area contributed by atoms with Crippen molar-refractivity contribution in [1.82, 2.24) is 9.80 Å². The first-order valence-corrected chi connectivity index (χ1v) is 14.9. The molecule has 1 fully saturated rings. The van der Waals surface area contributed by atoms with Gasteiger partial charge in [-0.25, -0.2) is 0 Å². The number of phenols is 1. The fourth-order valence-corrected chi connectivity index (χ4v) is 5.71. The smallest absolute Gasteiger partial charge is 0.249 e. The van der Waals surface area contributed by atoms with Gasteiger partial charge in [0.1, 0.15) is 17.1 Å². The van der Waals surface area contributed by atoms with E-state index in [9.17, 15) is 9.90 Å². The largest absolute Gasteiger partial charge is 0.507 e. The molecule has 0 aromatic heterocycles. The number of hydrogen-bond donors (Lipinski definition) is 1. The van der Waals surface area contributed by atoms with E-state index < -0.39 is 0 Å². The summed E-state index contributed by atoms with van der Waals surface area (Å²) in [6.45, 7) is 18.2. The van der Waals surface area contributed by atoms with Crippen LogP contribution in [0.1, 0.15) is 94.9 Å². The quantitative estimate of drug-likeness (QED) is 0.251. The SMILES string of the molecule is C/C(=C\CC/C(C)=C/CCC1(C)CCc2c(C)c(O)c(C)c(C)c2O1)CC/C=C(\C)C(=O)N1CCN(C)CC1. The fraction of sp³-hybridized carbons (Fsp3) is 0.618. The molecule has 2 aliphatic heterocycles. The minimum absolute atomic E-state index is 0.168. The lowest BCUT2D eigenvalue weighted by molar-refractivity contribution is -0.128. The molecule has 2 heterocycles. The second kappa shape index (κ2) is 13.7. The molecule has 216 valence electrons. The normalized spacial score (nSPS) is 21.1. The zero-order valence-corrected chi connectivity index (χ0v) is 25.9. The van der Waals surface area contributed by atoms with Gasteiger partial charge in [-0.3, -0.25) is 4.79 Å². The number of ether oxygens (including phenoxy) is 1. The molecule has 0 radical (unpaired) electrons. The van der Waals surface area contributed by atoms with Gasteiger partial charge < -0.3 is 19.6 Å². The lowest BCUT2D eigenvalue weighted by Gasteiger charge is -2.38. The van der Waals surface area contributed by atoms with Crippen LogP contribution < -0.4 is 4.74 Å². The van der Waals surface area contributed by atoms with Gasteiger partial charge in [0.25, 0.3) is 0 Å². The van der Waals surface area contributed by atoms with Gasteiger partial charge in [-0.15, -0.1) is 0 Å².